The Bertz CT molecular complexity index is 379. The highest BCUT2D eigenvalue weighted by molar-refractivity contribution is 5.24. The molecule has 0 heterocycles. The van der Waals surface area contributed by atoms with Gasteiger partial charge in [-0.15, -0.1) is 0 Å². The minimum Gasteiger partial charge on any atom is -0.0850 e. The molecule has 0 N–H and O–H groups in total. The summed E-state index contributed by atoms with van der Waals surface area (Å²) in [6.07, 6.45) is 18.7. The van der Waals surface area contributed by atoms with Gasteiger partial charge in [0.2, 0.25) is 0 Å². The molecule has 0 aromatic heterocycles. The van der Waals surface area contributed by atoms with Crippen LogP contribution in [0, 0.1) is 23.2 Å². The van der Waals surface area contributed by atoms with Gasteiger partial charge in [0.1, 0.15) is 0 Å². The maximum absolute atomic E-state index is 2.52. The normalized spacial score (nSPS) is 38.9. The van der Waals surface area contributed by atoms with E-state index in [0.29, 0.717) is 5.41 Å². The van der Waals surface area contributed by atoms with Crippen LogP contribution in [-0.4, -0.2) is 0 Å². The average molecular weight is 228 g/mol. The molecule has 0 saturated heterocycles. The average Bonchev–Trinajstić information content (AvgIpc) is 3.15. The summed E-state index contributed by atoms with van der Waals surface area (Å²) in [5.41, 5.74) is 2.32. The van der Waals surface area contributed by atoms with Gasteiger partial charge < -0.3 is 0 Å². The second kappa shape index (κ2) is 4.15. The fourth-order valence-corrected chi connectivity index (χ4v) is 4.03. The first-order valence-electron chi connectivity index (χ1n) is 7.22. The first-order chi connectivity index (χ1) is 8.22. The lowest BCUT2D eigenvalue weighted by molar-refractivity contribution is 0.218. The van der Waals surface area contributed by atoms with Crippen molar-refractivity contribution >= 4 is 0 Å². The topological polar surface area (TPSA) is 0 Å². The van der Waals surface area contributed by atoms with Crippen molar-refractivity contribution in [3.8, 4) is 0 Å². The molecule has 0 nitrogen and oxygen atoms in total. The molecule has 1 fully saturated rings. The summed E-state index contributed by atoms with van der Waals surface area (Å²) in [6.45, 7) is 4.79. The van der Waals surface area contributed by atoms with Crippen molar-refractivity contribution in [1.29, 1.82) is 0 Å². The maximum Gasteiger partial charge on any atom is -0.0133 e. The van der Waals surface area contributed by atoms with Gasteiger partial charge in [0.25, 0.3) is 0 Å². The predicted molar refractivity (Wildman–Crippen MR) is 73.7 cm³/mol. The Morgan fingerprint density at radius 3 is 2.65 bits per heavy atom. The summed E-state index contributed by atoms with van der Waals surface area (Å²) in [6, 6.07) is 0. The zero-order chi connectivity index (χ0) is 11.9. The van der Waals surface area contributed by atoms with Gasteiger partial charge in [-0.25, -0.2) is 0 Å². The van der Waals surface area contributed by atoms with E-state index in [9.17, 15) is 0 Å². The van der Waals surface area contributed by atoms with Gasteiger partial charge in [-0.05, 0) is 62.2 Å². The molecule has 3 aliphatic carbocycles. The van der Waals surface area contributed by atoms with E-state index in [-0.39, 0.29) is 0 Å². The van der Waals surface area contributed by atoms with Crippen molar-refractivity contribution in [2.24, 2.45) is 23.2 Å². The summed E-state index contributed by atoms with van der Waals surface area (Å²) in [5, 5.41) is 0. The van der Waals surface area contributed by atoms with Crippen LogP contribution >= 0.6 is 0 Å². The summed E-state index contributed by atoms with van der Waals surface area (Å²) in [7, 11) is 0. The van der Waals surface area contributed by atoms with Crippen LogP contribution in [0.4, 0.5) is 0 Å². The van der Waals surface area contributed by atoms with E-state index < -0.39 is 0 Å². The van der Waals surface area contributed by atoms with Crippen LogP contribution in [-0.2, 0) is 0 Å². The fraction of sp³-hybridized carbons (Fsp3) is 0.647. The molecule has 3 rings (SSSR count). The van der Waals surface area contributed by atoms with Crippen molar-refractivity contribution < 1.29 is 0 Å². The third kappa shape index (κ3) is 1.92. The molecule has 92 valence electrons. The molecule has 0 spiro atoms. The SMILES string of the molecule is CC1=CCC(C)CC1C1(C2C=CC=CC2)CC1. The minimum atomic E-state index is 0.635. The van der Waals surface area contributed by atoms with Gasteiger partial charge in [-0.2, -0.15) is 0 Å². The number of hydrogen-bond acceptors (Lipinski definition) is 0. The molecule has 3 unspecified atom stereocenters. The minimum absolute atomic E-state index is 0.635. The fourth-order valence-electron chi connectivity index (χ4n) is 4.03. The standard InChI is InChI=1S/C17H24/c1-13-8-9-14(2)16(12-13)17(10-11-17)15-6-4-3-5-7-15/h3-6,9,13,15-16H,7-8,10-12H2,1-2H3. The lowest BCUT2D eigenvalue weighted by atomic mass is 9.67. The Labute approximate surface area is 105 Å². The van der Waals surface area contributed by atoms with Gasteiger partial charge in [-0.3, -0.25) is 0 Å². The third-order valence-electron chi connectivity index (χ3n) is 5.27. The van der Waals surface area contributed by atoms with Crippen LogP contribution in [0.2, 0.25) is 0 Å². The molecule has 0 radical (unpaired) electrons. The largest absolute Gasteiger partial charge is 0.0850 e. The van der Waals surface area contributed by atoms with E-state index >= 15 is 0 Å². The first kappa shape index (κ1) is 11.3. The Morgan fingerprint density at radius 2 is 2.00 bits per heavy atom. The van der Waals surface area contributed by atoms with Crippen LogP contribution < -0.4 is 0 Å². The molecule has 0 aromatic carbocycles. The van der Waals surface area contributed by atoms with E-state index in [1.807, 2.05) is 0 Å². The Morgan fingerprint density at radius 1 is 1.18 bits per heavy atom. The van der Waals surface area contributed by atoms with Crippen molar-refractivity contribution in [2.45, 2.75) is 46.0 Å². The van der Waals surface area contributed by atoms with Crippen molar-refractivity contribution in [3.05, 3.63) is 36.0 Å². The molecule has 1 saturated carbocycles. The van der Waals surface area contributed by atoms with Crippen LogP contribution in [0.3, 0.4) is 0 Å². The summed E-state index contributed by atoms with van der Waals surface area (Å²) >= 11 is 0. The van der Waals surface area contributed by atoms with E-state index in [1.54, 1.807) is 5.57 Å². The Balaban J connectivity index is 1.83. The Kier molecular flexibility index (Phi) is 2.77. The smallest absolute Gasteiger partial charge is 0.0133 e. The molecular formula is C17H24. The molecular weight excluding hydrogens is 204 g/mol. The van der Waals surface area contributed by atoms with Crippen LogP contribution in [0.15, 0.2) is 36.0 Å². The van der Waals surface area contributed by atoms with Crippen molar-refractivity contribution in [3.63, 3.8) is 0 Å². The van der Waals surface area contributed by atoms with Crippen LogP contribution in [0.1, 0.15) is 46.0 Å². The van der Waals surface area contributed by atoms with Crippen molar-refractivity contribution in [2.75, 3.05) is 0 Å². The molecule has 0 amide bonds. The molecule has 0 bridgehead atoms. The molecule has 17 heavy (non-hydrogen) atoms. The van der Waals surface area contributed by atoms with E-state index in [1.165, 1.54) is 32.1 Å². The summed E-state index contributed by atoms with van der Waals surface area (Å²) in [5.74, 6) is 2.57. The first-order valence-corrected chi connectivity index (χ1v) is 7.22. The summed E-state index contributed by atoms with van der Waals surface area (Å²) in [4.78, 5) is 0. The molecule has 0 heteroatoms. The highest BCUT2D eigenvalue weighted by Gasteiger charge is 2.54. The third-order valence-corrected chi connectivity index (χ3v) is 5.27. The zero-order valence-electron chi connectivity index (χ0n) is 11.2. The van der Waals surface area contributed by atoms with Crippen LogP contribution in [0.25, 0.3) is 0 Å². The molecule has 0 aliphatic heterocycles. The van der Waals surface area contributed by atoms with Gasteiger partial charge in [0.05, 0.1) is 0 Å². The Hall–Kier alpha value is -0.780. The van der Waals surface area contributed by atoms with Gasteiger partial charge in [0.15, 0.2) is 0 Å². The molecule has 3 atom stereocenters. The maximum atomic E-state index is 2.52. The highest BCUT2D eigenvalue weighted by Crippen LogP contribution is 2.63. The molecule has 0 aromatic rings. The summed E-state index contributed by atoms with van der Waals surface area (Å²) < 4.78 is 0. The van der Waals surface area contributed by atoms with E-state index in [0.717, 1.165) is 17.8 Å². The second-order valence-corrected chi connectivity index (χ2v) is 6.47. The second-order valence-electron chi connectivity index (χ2n) is 6.47. The van der Waals surface area contributed by atoms with E-state index in [2.05, 4.69) is 44.2 Å². The monoisotopic (exact) mass is 228 g/mol. The predicted octanol–water partition coefficient (Wildman–Crippen LogP) is 4.89. The quantitative estimate of drug-likeness (QED) is 0.590. The number of rotatable bonds is 2. The lowest BCUT2D eigenvalue weighted by Gasteiger charge is -2.37. The van der Waals surface area contributed by atoms with Gasteiger partial charge in [-0.1, -0.05) is 42.9 Å². The molecule has 3 aliphatic rings. The van der Waals surface area contributed by atoms with Crippen LogP contribution in [0.5, 0.6) is 0 Å². The highest BCUT2D eigenvalue weighted by atomic mass is 14.6. The van der Waals surface area contributed by atoms with E-state index in [4.69, 9.17) is 0 Å². The van der Waals surface area contributed by atoms with Gasteiger partial charge >= 0.3 is 0 Å². The van der Waals surface area contributed by atoms with Gasteiger partial charge in [0, 0.05) is 0 Å². The number of allylic oxidation sites excluding steroid dienone is 6. The lowest BCUT2D eigenvalue weighted by Crippen LogP contribution is -2.29. The van der Waals surface area contributed by atoms with Crippen molar-refractivity contribution in [1.82, 2.24) is 0 Å². The zero-order valence-corrected chi connectivity index (χ0v) is 11.2. The number of hydrogen-bond donors (Lipinski definition) is 0.